The summed E-state index contributed by atoms with van der Waals surface area (Å²) in [6.07, 6.45) is 0. The Morgan fingerprint density at radius 3 is 2.43 bits per heavy atom. The average Bonchev–Trinajstić information content (AvgIpc) is 2.54. The fourth-order valence-corrected chi connectivity index (χ4v) is 2.42. The number of fused-ring (bicyclic) bond motifs is 1. The Kier molecular flexibility index (Phi) is 3.81. The van der Waals surface area contributed by atoms with Crippen LogP contribution in [0.4, 0.5) is 0 Å². The number of nitrogens with two attached hydrogens (primary N) is 1. The van der Waals surface area contributed by atoms with E-state index in [9.17, 15) is 4.79 Å². The molecule has 0 aromatic heterocycles. The van der Waals surface area contributed by atoms with Crippen LogP contribution < -0.4 is 10.5 Å². The van der Waals surface area contributed by atoms with Crippen molar-refractivity contribution in [3.63, 3.8) is 0 Å². The minimum absolute atomic E-state index is 0.0296. The van der Waals surface area contributed by atoms with Crippen molar-refractivity contribution < 1.29 is 9.53 Å². The number of hydrogen-bond acceptors (Lipinski definition) is 3. The Balaban J connectivity index is 1.89. The summed E-state index contributed by atoms with van der Waals surface area (Å²) in [5.74, 6) is 0.145. The van der Waals surface area contributed by atoms with Crippen molar-refractivity contribution in [3.05, 3.63) is 77.4 Å². The normalized spacial score (nSPS) is 10.5. The van der Waals surface area contributed by atoms with Crippen molar-refractivity contribution in [1.29, 1.82) is 5.41 Å². The van der Waals surface area contributed by atoms with E-state index in [-0.39, 0.29) is 11.8 Å². The number of esters is 1. The van der Waals surface area contributed by atoms with Crippen molar-refractivity contribution in [2.45, 2.75) is 6.92 Å². The van der Waals surface area contributed by atoms with Crippen LogP contribution in [0.25, 0.3) is 10.8 Å². The summed E-state index contributed by atoms with van der Waals surface area (Å²) in [5, 5.41) is 9.33. The monoisotopic (exact) mass is 304 g/mol. The molecule has 0 unspecified atom stereocenters. The van der Waals surface area contributed by atoms with Gasteiger partial charge in [0.2, 0.25) is 0 Å². The van der Waals surface area contributed by atoms with E-state index < -0.39 is 0 Å². The third kappa shape index (κ3) is 3.06. The summed E-state index contributed by atoms with van der Waals surface area (Å²) in [5.41, 5.74) is 7.60. The van der Waals surface area contributed by atoms with E-state index in [0.29, 0.717) is 16.9 Å². The summed E-state index contributed by atoms with van der Waals surface area (Å²) in [7, 11) is 0. The zero-order valence-corrected chi connectivity index (χ0v) is 12.7. The molecule has 0 saturated carbocycles. The van der Waals surface area contributed by atoms with Crippen LogP contribution in [0.5, 0.6) is 5.75 Å². The van der Waals surface area contributed by atoms with Crippen LogP contribution in [0.3, 0.4) is 0 Å². The van der Waals surface area contributed by atoms with Crippen molar-refractivity contribution >= 4 is 22.6 Å². The molecule has 23 heavy (non-hydrogen) atoms. The number of aryl methyl sites for hydroxylation is 1. The van der Waals surface area contributed by atoms with E-state index in [0.717, 1.165) is 16.3 Å². The molecule has 0 heterocycles. The fraction of sp³-hybridized carbons (Fsp3) is 0.0526. The molecular formula is C19H16N2O2. The highest BCUT2D eigenvalue weighted by atomic mass is 16.5. The molecule has 4 nitrogen and oxygen atoms in total. The molecule has 0 fully saturated rings. The number of hydrogen-bond donors (Lipinski definition) is 2. The minimum atomic E-state index is -0.372. The van der Waals surface area contributed by atoms with E-state index in [1.54, 1.807) is 24.3 Å². The van der Waals surface area contributed by atoms with Gasteiger partial charge in [-0.05, 0) is 47.5 Å². The molecule has 0 saturated heterocycles. The van der Waals surface area contributed by atoms with Gasteiger partial charge in [0.25, 0.3) is 0 Å². The van der Waals surface area contributed by atoms with Gasteiger partial charge < -0.3 is 10.5 Å². The van der Waals surface area contributed by atoms with Crippen LogP contribution >= 0.6 is 0 Å². The molecule has 3 N–H and O–H groups in total. The zero-order chi connectivity index (χ0) is 16.4. The van der Waals surface area contributed by atoms with E-state index in [2.05, 4.69) is 0 Å². The lowest BCUT2D eigenvalue weighted by molar-refractivity contribution is 0.0734. The second kappa shape index (κ2) is 5.93. The predicted molar refractivity (Wildman–Crippen MR) is 91.1 cm³/mol. The van der Waals surface area contributed by atoms with Crippen molar-refractivity contribution in [2.75, 3.05) is 0 Å². The van der Waals surface area contributed by atoms with Gasteiger partial charge in [-0.3, -0.25) is 5.41 Å². The van der Waals surface area contributed by atoms with E-state index in [1.807, 2.05) is 43.3 Å². The third-order valence-electron chi connectivity index (χ3n) is 3.70. The van der Waals surface area contributed by atoms with Gasteiger partial charge in [-0.15, -0.1) is 0 Å². The lowest BCUT2D eigenvalue weighted by Crippen LogP contribution is -2.11. The van der Waals surface area contributed by atoms with Crippen molar-refractivity contribution in [3.8, 4) is 5.75 Å². The first-order valence-electron chi connectivity index (χ1n) is 7.20. The van der Waals surface area contributed by atoms with Crippen molar-refractivity contribution in [1.82, 2.24) is 0 Å². The van der Waals surface area contributed by atoms with Gasteiger partial charge in [-0.25, -0.2) is 4.79 Å². The maximum atomic E-state index is 12.2. The molecule has 4 heteroatoms. The molecule has 3 rings (SSSR count). The SMILES string of the molecule is Cc1ccccc1C(=O)Oc1ccc2cc(C(=N)N)ccc2c1. The number of nitrogen functional groups attached to an aromatic ring is 1. The summed E-state index contributed by atoms with van der Waals surface area (Å²) >= 11 is 0. The van der Waals surface area contributed by atoms with Gasteiger partial charge in [0, 0.05) is 5.56 Å². The Labute approximate surface area is 134 Å². The maximum absolute atomic E-state index is 12.2. The van der Waals surface area contributed by atoms with E-state index >= 15 is 0 Å². The molecule has 0 radical (unpaired) electrons. The molecule has 0 bridgehead atoms. The lowest BCUT2D eigenvalue weighted by atomic mass is 10.1. The third-order valence-corrected chi connectivity index (χ3v) is 3.70. The summed E-state index contributed by atoms with van der Waals surface area (Å²) < 4.78 is 5.46. The molecular weight excluding hydrogens is 288 g/mol. The number of rotatable bonds is 3. The van der Waals surface area contributed by atoms with E-state index in [1.165, 1.54) is 0 Å². The standard InChI is InChI=1S/C19H16N2O2/c1-12-4-2-3-5-17(12)19(22)23-16-9-8-13-10-15(18(20)21)7-6-14(13)11-16/h2-11H,1H3,(H3,20,21). The number of benzene rings is 3. The van der Waals surface area contributed by atoms with Gasteiger partial charge in [-0.1, -0.05) is 36.4 Å². The number of amidine groups is 1. The number of carbonyl (C=O) groups is 1. The van der Waals surface area contributed by atoms with Crippen LogP contribution in [-0.4, -0.2) is 11.8 Å². The fourth-order valence-electron chi connectivity index (χ4n) is 2.42. The minimum Gasteiger partial charge on any atom is -0.423 e. The first kappa shape index (κ1) is 14.8. The highest BCUT2D eigenvalue weighted by molar-refractivity contribution is 5.99. The average molecular weight is 304 g/mol. The Morgan fingerprint density at radius 2 is 1.70 bits per heavy atom. The maximum Gasteiger partial charge on any atom is 0.343 e. The van der Waals surface area contributed by atoms with E-state index in [4.69, 9.17) is 15.9 Å². The van der Waals surface area contributed by atoms with Crippen LogP contribution in [0.2, 0.25) is 0 Å². The summed E-state index contributed by atoms with van der Waals surface area (Å²) in [6.45, 7) is 1.88. The van der Waals surface area contributed by atoms with Crippen LogP contribution in [0, 0.1) is 12.3 Å². The molecule has 0 aliphatic carbocycles. The molecule has 0 aliphatic rings. The Hall–Kier alpha value is -3.14. The second-order valence-electron chi connectivity index (χ2n) is 5.34. The highest BCUT2D eigenvalue weighted by Crippen LogP contribution is 2.23. The first-order chi connectivity index (χ1) is 11.0. The molecule has 3 aromatic carbocycles. The number of carbonyl (C=O) groups excluding carboxylic acids is 1. The summed E-state index contributed by atoms with van der Waals surface area (Å²) in [4.78, 5) is 12.2. The van der Waals surface area contributed by atoms with Gasteiger partial charge in [0.05, 0.1) is 5.56 Å². The predicted octanol–water partition coefficient (Wildman–Crippen LogP) is 3.65. The van der Waals surface area contributed by atoms with Crippen LogP contribution in [0.15, 0.2) is 60.7 Å². The molecule has 3 aromatic rings. The second-order valence-corrected chi connectivity index (χ2v) is 5.34. The first-order valence-corrected chi connectivity index (χ1v) is 7.20. The van der Waals surface area contributed by atoms with Crippen LogP contribution in [-0.2, 0) is 0 Å². The molecule has 0 spiro atoms. The van der Waals surface area contributed by atoms with Crippen LogP contribution in [0.1, 0.15) is 21.5 Å². The summed E-state index contributed by atoms with van der Waals surface area (Å²) in [6, 6.07) is 18.2. The Bertz CT molecular complexity index is 916. The zero-order valence-electron chi connectivity index (χ0n) is 12.7. The number of ether oxygens (including phenoxy) is 1. The quantitative estimate of drug-likeness (QED) is 0.335. The van der Waals surface area contributed by atoms with Gasteiger partial charge in [-0.2, -0.15) is 0 Å². The van der Waals surface area contributed by atoms with Crippen molar-refractivity contribution in [2.24, 2.45) is 5.73 Å². The highest BCUT2D eigenvalue weighted by Gasteiger charge is 2.11. The lowest BCUT2D eigenvalue weighted by Gasteiger charge is -2.08. The van der Waals surface area contributed by atoms with Gasteiger partial charge in [0.15, 0.2) is 0 Å². The molecule has 114 valence electrons. The van der Waals surface area contributed by atoms with Gasteiger partial charge in [0.1, 0.15) is 11.6 Å². The topological polar surface area (TPSA) is 76.2 Å². The Morgan fingerprint density at radius 1 is 1.00 bits per heavy atom. The van der Waals surface area contributed by atoms with Gasteiger partial charge >= 0.3 is 5.97 Å². The number of nitrogens with one attached hydrogen (secondary N) is 1. The molecule has 0 aliphatic heterocycles. The molecule has 0 atom stereocenters. The smallest absolute Gasteiger partial charge is 0.343 e. The largest absolute Gasteiger partial charge is 0.423 e. The molecule has 0 amide bonds.